The second kappa shape index (κ2) is 2.69. The van der Waals surface area contributed by atoms with Crippen LogP contribution in [0.5, 0.6) is 0 Å². The highest BCUT2D eigenvalue weighted by Gasteiger charge is 2.44. The average Bonchev–Trinajstić information content (AvgIpc) is 2.99. The van der Waals surface area contributed by atoms with Crippen molar-refractivity contribution in [2.75, 3.05) is 0 Å². The Morgan fingerprint density at radius 3 is 2.93 bits per heavy atom. The molecule has 1 aliphatic rings. The molecule has 1 heterocycles. The van der Waals surface area contributed by atoms with E-state index in [0.29, 0.717) is 0 Å². The minimum absolute atomic E-state index is 0.210. The summed E-state index contributed by atoms with van der Waals surface area (Å²) in [5.41, 5.74) is 2.56. The number of hydrogen-bond acceptors (Lipinski definition) is 3. The van der Waals surface area contributed by atoms with E-state index in [-0.39, 0.29) is 5.41 Å². The topological polar surface area (TPSA) is 43.1 Å². The van der Waals surface area contributed by atoms with Crippen molar-refractivity contribution >= 4 is 17.3 Å². The summed E-state index contributed by atoms with van der Waals surface area (Å²) in [5, 5.41) is 4.92. The Labute approximate surface area is 87.1 Å². The number of carbonyl (C=O) groups excluding carboxylic acids is 1. The van der Waals surface area contributed by atoms with E-state index in [1.54, 1.807) is 0 Å². The average molecular weight is 201 g/mol. The maximum absolute atomic E-state index is 11.0. The Bertz CT molecular complexity index is 538. The van der Waals surface area contributed by atoms with Crippen molar-refractivity contribution < 1.29 is 9.32 Å². The normalized spacial score (nSPS) is 17.9. The molecule has 1 fully saturated rings. The van der Waals surface area contributed by atoms with Gasteiger partial charge in [-0.1, -0.05) is 11.2 Å². The van der Waals surface area contributed by atoms with E-state index in [0.717, 1.165) is 41.4 Å². The molecule has 2 aromatic rings. The van der Waals surface area contributed by atoms with Crippen LogP contribution in [0.25, 0.3) is 11.0 Å². The molecule has 0 N–H and O–H groups in total. The number of fused-ring (bicyclic) bond motifs is 1. The Balaban J connectivity index is 2.21. The fourth-order valence-electron chi connectivity index (χ4n) is 1.98. The maximum Gasteiger partial charge on any atom is 0.167 e. The smallest absolute Gasteiger partial charge is 0.167 e. The molecule has 1 aromatic heterocycles. The zero-order chi connectivity index (χ0) is 10.5. The quantitative estimate of drug-likeness (QED) is 0.700. The maximum atomic E-state index is 11.0. The van der Waals surface area contributed by atoms with E-state index in [1.165, 1.54) is 0 Å². The molecule has 1 aromatic carbocycles. The first-order chi connectivity index (χ1) is 7.25. The number of benzene rings is 1. The fourth-order valence-corrected chi connectivity index (χ4v) is 1.98. The third-order valence-electron chi connectivity index (χ3n) is 3.24. The van der Waals surface area contributed by atoms with Crippen molar-refractivity contribution in [3.8, 4) is 0 Å². The van der Waals surface area contributed by atoms with Crippen LogP contribution < -0.4 is 0 Å². The van der Waals surface area contributed by atoms with Gasteiger partial charge < -0.3 is 9.32 Å². The summed E-state index contributed by atoms with van der Waals surface area (Å²) in [6, 6.07) is 5.89. The number of hydrogen-bond donors (Lipinski definition) is 0. The predicted octanol–water partition coefficient (Wildman–Crippen LogP) is 2.37. The molecule has 0 bridgehead atoms. The second-order valence-corrected chi connectivity index (χ2v) is 4.25. The van der Waals surface area contributed by atoms with Gasteiger partial charge in [0.2, 0.25) is 0 Å². The minimum atomic E-state index is -0.210. The third kappa shape index (κ3) is 1.12. The molecule has 3 nitrogen and oxygen atoms in total. The highest BCUT2D eigenvalue weighted by Crippen LogP contribution is 2.46. The summed E-state index contributed by atoms with van der Waals surface area (Å²) in [5.74, 6) is 0. The van der Waals surface area contributed by atoms with E-state index >= 15 is 0 Å². The lowest BCUT2D eigenvalue weighted by Crippen LogP contribution is -2.07. The van der Waals surface area contributed by atoms with E-state index in [4.69, 9.17) is 4.52 Å². The molecule has 0 saturated heterocycles. The van der Waals surface area contributed by atoms with Gasteiger partial charge in [-0.25, -0.2) is 0 Å². The van der Waals surface area contributed by atoms with Gasteiger partial charge in [-0.2, -0.15) is 0 Å². The summed E-state index contributed by atoms with van der Waals surface area (Å²) < 4.78 is 5.13. The van der Waals surface area contributed by atoms with Crippen LogP contribution >= 0.6 is 0 Å². The lowest BCUT2D eigenvalue weighted by atomic mass is 9.96. The summed E-state index contributed by atoms with van der Waals surface area (Å²) in [7, 11) is 0. The van der Waals surface area contributed by atoms with Crippen LogP contribution in [0.15, 0.2) is 22.7 Å². The molecule has 0 radical (unpaired) electrons. The molecular weight excluding hydrogens is 190 g/mol. The lowest BCUT2D eigenvalue weighted by molar-refractivity contribution is -0.109. The molecular formula is C12H11NO2. The molecule has 0 atom stereocenters. The van der Waals surface area contributed by atoms with Gasteiger partial charge in [-0.15, -0.1) is 0 Å². The molecule has 3 heteroatoms. The van der Waals surface area contributed by atoms with Crippen molar-refractivity contribution in [3.63, 3.8) is 0 Å². The fraction of sp³-hybridized carbons (Fsp3) is 0.333. The van der Waals surface area contributed by atoms with Gasteiger partial charge in [0.05, 0.1) is 11.1 Å². The Kier molecular flexibility index (Phi) is 1.55. The molecule has 15 heavy (non-hydrogen) atoms. The molecule has 76 valence electrons. The van der Waals surface area contributed by atoms with Gasteiger partial charge >= 0.3 is 0 Å². The monoisotopic (exact) mass is 201 g/mol. The molecule has 0 spiro atoms. The summed E-state index contributed by atoms with van der Waals surface area (Å²) in [6.07, 6.45) is 3.00. The highest BCUT2D eigenvalue weighted by molar-refractivity contribution is 5.83. The van der Waals surface area contributed by atoms with Crippen LogP contribution in [-0.2, 0) is 10.2 Å². The van der Waals surface area contributed by atoms with Gasteiger partial charge in [-0.05, 0) is 37.5 Å². The van der Waals surface area contributed by atoms with Crippen LogP contribution in [0, 0.1) is 6.92 Å². The van der Waals surface area contributed by atoms with Crippen LogP contribution in [-0.4, -0.2) is 11.4 Å². The van der Waals surface area contributed by atoms with Gasteiger partial charge in [-0.3, -0.25) is 0 Å². The number of nitrogens with zero attached hydrogens (tertiary/aromatic N) is 1. The first-order valence-electron chi connectivity index (χ1n) is 5.08. The molecule has 0 amide bonds. The van der Waals surface area contributed by atoms with Gasteiger partial charge in [0.1, 0.15) is 6.29 Å². The lowest BCUT2D eigenvalue weighted by Gasteiger charge is -2.06. The summed E-state index contributed by atoms with van der Waals surface area (Å²) in [6.45, 7) is 1.91. The van der Waals surface area contributed by atoms with Gasteiger partial charge in [0, 0.05) is 5.39 Å². The predicted molar refractivity (Wildman–Crippen MR) is 55.7 cm³/mol. The Morgan fingerprint density at radius 2 is 2.27 bits per heavy atom. The molecule has 1 saturated carbocycles. The van der Waals surface area contributed by atoms with E-state index in [1.807, 2.05) is 25.1 Å². The Hall–Kier alpha value is -1.64. The van der Waals surface area contributed by atoms with Crippen molar-refractivity contribution in [3.05, 3.63) is 29.5 Å². The molecule has 0 aliphatic heterocycles. The van der Waals surface area contributed by atoms with Crippen LogP contribution in [0.1, 0.15) is 24.1 Å². The minimum Gasteiger partial charge on any atom is -0.356 e. The van der Waals surface area contributed by atoms with Crippen LogP contribution in [0.4, 0.5) is 0 Å². The van der Waals surface area contributed by atoms with Crippen LogP contribution in [0.2, 0.25) is 0 Å². The van der Waals surface area contributed by atoms with Crippen molar-refractivity contribution in [1.82, 2.24) is 5.16 Å². The number of aldehydes is 1. The number of rotatable bonds is 2. The third-order valence-corrected chi connectivity index (χ3v) is 3.24. The Morgan fingerprint density at radius 1 is 1.47 bits per heavy atom. The van der Waals surface area contributed by atoms with Crippen molar-refractivity contribution in [2.24, 2.45) is 0 Å². The zero-order valence-corrected chi connectivity index (χ0v) is 8.49. The van der Waals surface area contributed by atoms with Gasteiger partial charge in [0.15, 0.2) is 5.58 Å². The van der Waals surface area contributed by atoms with E-state index in [2.05, 4.69) is 5.16 Å². The first kappa shape index (κ1) is 8.65. The highest BCUT2D eigenvalue weighted by atomic mass is 16.5. The van der Waals surface area contributed by atoms with Crippen molar-refractivity contribution in [2.45, 2.75) is 25.2 Å². The largest absolute Gasteiger partial charge is 0.356 e. The SMILES string of the molecule is Cc1noc2ccc(C3(C=O)CC3)cc12. The number of carbonyl (C=O) groups is 1. The summed E-state index contributed by atoms with van der Waals surface area (Å²) in [4.78, 5) is 11.0. The number of aryl methyl sites for hydroxylation is 1. The first-order valence-corrected chi connectivity index (χ1v) is 5.08. The molecule has 3 rings (SSSR count). The standard InChI is InChI=1S/C12H11NO2/c1-8-10-6-9(12(7-14)4-5-12)2-3-11(10)15-13-8/h2-3,6-7H,4-5H2,1H3. The van der Waals surface area contributed by atoms with E-state index < -0.39 is 0 Å². The van der Waals surface area contributed by atoms with Crippen molar-refractivity contribution in [1.29, 1.82) is 0 Å². The second-order valence-electron chi connectivity index (χ2n) is 4.25. The van der Waals surface area contributed by atoms with Crippen LogP contribution in [0.3, 0.4) is 0 Å². The molecule has 1 aliphatic carbocycles. The number of aromatic nitrogens is 1. The zero-order valence-electron chi connectivity index (χ0n) is 8.49. The summed E-state index contributed by atoms with van der Waals surface area (Å²) >= 11 is 0. The van der Waals surface area contributed by atoms with Gasteiger partial charge in [0.25, 0.3) is 0 Å². The van der Waals surface area contributed by atoms with E-state index in [9.17, 15) is 4.79 Å². The molecule has 0 unspecified atom stereocenters.